The molecule has 10 heavy (non-hydrogen) atoms. The Hall–Kier alpha value is -0.830. The molecule has 3 nitrogen and oxygen atoms in total. The first kappa shape index (κ1) is 7.28. The van der Waals surface area contributed by atoms with Gasteiger partial charge in [-0.05, 0) is 19.9 Å². The highest BCUT2D eigenvalue weighted by Gasteiger charge is 1.99. The minimum Gasteiger partial charge on any atom is -0.335 e. The Balaban J connectivity index is 2.50. The molecule has 0 aliphatic rings. The van der Waals surface area contributed by atoms with Crippen LogP contribution in [0.5, 0.6) is 0 Å². The molecule has 0 amide bonds. The summed E-state index contributed by atoms with van der Waals surface area (Å²) in [5, 5.41) is 0. The molecule has 0 aliphatic heterocycles. The lowest BCUT2D eigenvalue weighted by Crippen LogP contribution is -2.09. The molecule has 0 aliphatic carbocycles. The summed E-state index contributed by atoms with van der Waals surface area (Å²) >= 11 is 0. The van der Waals surface area contributed by atoms with Crippen LogP contribution < -0.4 is 5.73 Å². The Kier molecular flexibility index (Phi) is 2.45. The Morgan fingerprint density at radius 1 is 1.70 bits per heavy atom. The fourth-order valence-electron chi connectivity index (χ4n) is 0.920. The monoisotopic (exact) mass is 139 g/mol. The normalized spacial score (nSPS) is 13.4. The van der Waals surface area contributed by atoms with Gasteiger partial charge in [0.05, 0.1) is 6.33 Å². The van der Waals surface area contributed by atoms with Crippen molar-refractivity contribution < 1.29 is 0 Å². The molecule has 0 radical (unpaired) electrons. The van der Waals surface area contributed by atoms with Gasteiger partial charge in [0.2, 0.25) is 0 Å². The molecule has 0 unspecified atom stereocenters. The van der Waals surface area contributed by atoms with E-state index in [1.54, 1.807) is 6.20 Å². The average Bonchev–Trinajstić information content (AvgIpc) is 2.38. The molecule has 1 aromatic heterocycles. The van der Waals surface area contributed by atoms with Crippen LogP contribution in [0.1, 0.15) is 19.4 Å². The van der Waals surface area contributed by atoms with Gasteiger partial charge in [0.15, 0.2) is 0 Å². The van der Waals surface area contributed by atoms with Crippen LogP contribution in [0.3, 0.4) is 0 Å². The molecule has 0 aromatic carbocycles. The summed E-state index contributed by atoms with van der Waals surface area (Å²) < 4.78 is 2.06. The van der Waals surface area contributed by atoms with E-state index in [-0.39, 0.29) is 0 Å². The number of nitrogens with two attached hydrogens (primary N) is 1. The summed E-state index contributed by atoms with van der Waals surface area (Å²) in [6.07, 6.45) is 6.57. The van der Waals surface area contributed by atoms with Crippen LogP contribution in [-0.4, -0.2) is 16.1 Å². The predicted octanol–water partition coefficient (Wildman–Crippen LogP) is 0.793. The third-order valence-electron chi connectivity index (χ3n) is 1.62. The van der Waals surface area contributed by atoms with Crippen LogP contribution in [0.2, 0.25) is 0 Å². The summed E-state index contributed by atoms with van der Waals surface area (Å²) in [7, 11) is 0. The highest BCUT2D eigenvalue weighted by molar-refractivity contribution is 4.78. The van der Waals surface area contributed by atoms with E-state index in [9.17, 15) is 0 Å². The number of hydrogen-bond acceptors (Lipinski definition) is 2. The maximum absolute atomic E-state index is 5.40. The molecule has 1 heterocycles. The second-order valence-electron chi connectivity index (χ2n) is 2.44. The van der Waals surface area contributed by atoms with Gasteiger partial charge in [-0.1, -0.05) is 0 Å². The van der Waals surface area contributed by atoms with Crippen LogP contribution in [0, 0.1) is 0 Å². The summed E-state index contributed by atoms with van der Waals surface area (Å²) in [5.41, 5.74) is 5.40. The molecule has 1 aromatic rings. The molecule has 2 N–H and O–H groups in total. The Morgan fingerprint density at radius 2 is 2.50 bits per heavy atom. The van der Waals surface area contributed by atoms with E-state index in [2.05, 4.69) is 16.5 Å². The number of aromatic nitrogens is 2. The van der Waals surface area contributed by atoms with E-state index in [1.807, 2.05) is 12.5 Å². The van der Waals surface area contributed by atoms with E-state index in [0.29, 0.717) is 6.04 Å². The zero-order chi connectivity index (χ0) is 7.40. The van der Waals surface area contributed by atoms with E-state index < -0.39 is 0 Å². The lowest BCUT2D eigenvalue weighted by Gasteiger charge is -2.10. The van der Waals surface area contributed by atoms with Crippen molar-refractivity contribution in [2.45, 2.75) is 19.4 Å². The largest absolute Gasteiger partial charge is 0.335 e. The highest BCUT2D eigenvalue weighted by Crippen LogP contribution is 2.06. The van der Waals surface area contributed by atoms with Gasteiger partial charge >= 0.3 is 0 Å². The Bertz CT molecular complexity index is 169. The fourth-order valence-corrected chi connectivity index (χ4v) is 0.920. The van der Waals surface area contributed by atoms with Gasteiger partial charge in [0.1, 0.15) is 0 Å². The molecule has 0 bridgehead atoms. The van der Waals surface area contributed by atoms with Crippen molar-refractivity contribution in [1.82, 2.24) is 9.55 Å². The summed E-state index contributed by atoms with van der Waals surface area (Å²) in [4.78, 5) is 3.95. The molecule has 1 rings (SSSR count). The topological polar surface area (TPSA) is 43.8 Å². The maximum atomic E-state index is 5.40. The molecule has 1 atom stereocenters. The van der Waals surface area contributed by atoms with Crippen LogP contribution in [-0.2, 0) is 0 Å². The smallest absolute Gasteiger partial charge is 0.0948 e. The summed E-state index contributed by atoms with van der Waals surface area (Å²) in [6.45, 7) is 2.87. The van der Waals surface area contributed by atoms with Crippen LogP contribution in [0.15, 0.2) is 18.7 Å². The second kappa shape index (κ2) is 3.37. The maximum Gasteiger partial charge on any atom is 0.0948 e. The molecular formula is C7H13N3. The standard InChI is InChI=1S/C7H13N3/c1-7(2-3-8)10-5-4-9-6-10/h4-7H,2-3,8H2,1H3/t7-/m1/s1. The van der Waals surface area contributed by atoms with Gasteiger partial charge in [0.25, 0.3) is 0 Å². The summed E-state index contributed by atoms with van der Waals surface area (Å²) in [5.74, 6) is 0. The number of nitrogens with zero attached hydrogens (tertiary/aromatic N) is 2. The lowest BCUT2D eigenvalue weighted by atomic mass is 10.2. The molecule has 3 heteroatoms. The van der Waals surface area contributed by atoms with Gasteiger partial charge in [-0.25, -0.2) is 4.98 Å². The van der Waals surface area contributed by atoms with Crippen molar-refractivity contribution in [1.29, 1.82) is 0 Å². The third-order valence-corrected chi connectivity index (χ3v) is 1.62. The molecule has 56 valence electrons. The zero-order valence-corrected chi connectivity index (χ0v) is 6.20. The highest BCUT2D eigenvalue weighted by atomic mass is 15.0. The lowest BCUT2D eigenvalue weighted by molar-refractivity contribution is 0.513. The van der Waals surface area contributed by atoms with Crippen molar-refractivity contribution in [3.8, 4) is 0 Å². The van der Waals surface area contributed by atoms with Crippen LogP contribution >= 0.6 is 0 Å². The molecular weight excluding hydrogens is 126 g/mol. The van der Waals surface area contributed by atoms with Gasteiger partial charge in [0, 0.05) is 18.4 Å². The van der Waals surface area contributed by atoms with Gasteiger partial charge in [-0.3, -0.25) is 0 Å². The SMILES string of the molecule is C[C@H](CCN)n1ccnc1. The van der Waals surface area contributed by atoms with Gasteiger partial charge in [-0.2, -0.15) is 0 Å². The Morgan fingerprint density at radius 3 is 3.00 bits per heavy atom. The number of imidazole rings is 1. The number of rotatable bonds is 3. The fraction of sp³-hybridized carbons (Fsp3) is 0.571. The molecule has 0 saturated heterocycles. The van der Waals surface area contributed by atoms with E-state index >= 15 is 0 Å². The van der Waals surface area contributed by atoms with E-state index in [1.165, 1.54) is 0 Å². The van der Waals surface area contributed by atoms with Crippen molar-refractivity contribution in [3.05, 3.63) is 18.7 Å². The molecule has 0 spiro atoms. The quantitative estimate of drug-likeness (QED) is 0.673. The minimum atomic E-state index is 0.479. The van der Waals surface area contributed by atoms with Crippen LogP contribution in [0.4, 0.5) is 0 Å². The van der Waals surface area contributed by atoms with Crippen molar-refractivity contribution >= 4 is 0 Å². The summed E-state index contributed by atoms with van der Waals surface area (Å²) in [6, 6.07) is 0.479. The molecule has 0 saturated carbocycles. The predicted molar refractivity (Wildman–Crippen MR) is 40.6 cm³/mol. The van der Waals surface area contributed by atoms with Crippen molar-refractivity contribution in [2.24, 2.45) is 5.73 Å². The zero-order valence-electron chi connectivity index (χ0n) is 6.20. The van der Waals surface area contributed by atoms with Crippen molar-refractivity contribution in [2.75, 3.05) is 6.54 Å². The first-order chi connectivity index (χ1) is 4.84. The van der Waals surface area contributed by atoms with Gasteiger partial charge < -0.3 is 10.3 Å². The third kappa shape index (κ3) is 1.57. The first-order valence-electron chi connectivity index (χ1n) is 3.52. The van der Waals surface area contributed by atoms with Gasteiger partial charge in [-0.15, -0.1) is 0 Å². The molecule has 0 fully saturated rings. The first-order valence-corrected chi connectivity index (χ1v) is 3.52. The average molecular weight is 139 g/mol. The second-order valence-corrected chi connectivity index (χ2v) is 2.44. The van der Waals surface area contributed by atoms with Crippen molar-refractivity contribution in [3.63, 3.8) is 0 Å². The minimum absolute atomic E-state index is 0.479. The van der Waals surface area contributed by atoms with Crippen LogP contribution in [0.25, 0.3) is 0 Å². The Labute approximate surface area is 60.9 Å². The van der Waals surface area contributed by atoms with E-state index in [0.717, 1.165) is 13.0 Å². The number of hydrogen-bond donors (Lipinski definition) is 1. The van der Waals surface area contributed by atoms with E-state index in [4.69, 9.17) is 5.73 Å².